The number of aromatic carboxylic acids is 1. The smallest absolute Gasteiger partial charge is 0.341 e. The van der Waals surface area contributed by atoms with Gasteiger partial charge >= 0.3 is 11.9 Å². The topological polar surface area (TPSA) is 154 Å². The number of carbonyl (C=O) groups is 4. The molecule has 0 aromatic carbocycles. The molecule has 0 atom stereocenters. The number of carboxylic acid groups (broad SMARTS) is 1. The fraction of sp³-hybridized carbons (Fsp3) is 0.312. The van der Waals surface area contributed by atoms with Crippen LogP contribution in [0.2, 0.25) is 0 Å². The van der Waals surface area contributed by atoms with Crippen LogP contribution >= 0.6 is 11.3 Å². The van der Waals surface area contributed by atoms with Crippen molar-refractivity contribution >= 4 is 40.1 Å². The summed E-state index contributed by atoms with van der Waals surface area (Å²) >= 11 is 0.899. The van der Waals surface area contributed by atoms with Crippen LogP contribution < -0.4 is 11.1 Å². The highest BCUT2D eigenvalue weighted by Crippen LogP contribution is 2.33. The lowest BCUT2D eigenvalue weighted by Gasteiger charge is -2.07. The second kappa shape index (κ2) is 8.45. The first-order valence-corrected chi connectivity index (χ1v) is 8.72. The molecule has 2 aromatic heterocycles. The Morgan fingerprint density at radius 2 is 2.07 bits per heavy atom. The summed E-state index contributed by atoms with van der Waals surface area (Å²) in [4.78, 5) is 46.9. The molecule has 0 fully saturated rings. The van der Waals surface area contributed by atoms with E-state index in [2.05, 4.69) is 10.4 Å². The van der Waals surface area contributed by atoms with E-state index < -0.39 is 23.8 Å². The quantitative estimate of drug-likeness (QED) is 0.569. The van der Waals surface area contributed by atoms with Gasteiger partial charge in [-0.05, 0) is 19.4 Å². The second-order valence-corrected chi connectivity index (χ2v) is 6.46. The van der Waals surface area contributed by atoms with Crippen molar-refractivity contribution in [3.8, 4) is 0 Å². The van der Waals surface area contributed by atoms with Crippen LogP contribution in [-0.4, -0.2) is 45.2 Å². The molecule has 2 aromatic rings. The molecule has 11 heteroatoms. The number of nitrogens with two attached hydrogens (primary N) is 1. The first-order chi connectivity index (χ1) is 12.7. The van der Waals surface area contributed by atoms with Crippen molar-refractivity contribution in [1.82, 2.24) is 9.78 Å². The van der Waals surface area contributed by atoms with Gasteiger partial charge in [0.1, 0.15) is 5.00 Å². The lowest BCUT2D eigenvalue weighted by Crippen LogP contribution is -2.16. The molecular weight excluding hydrogens is 376 g/mol. The predicted octanol–water partition coefficient (Wildman–Crippen LogP) is 1.26. The molecule has 0 aliphatic carbocycles. The molecule has 2 rings (SSSR count). The van der Waals surface area contributed by atoms with Crippen LogP contribution in [0.15, 0.2) is 12.4 Å². The number of hydrogen-bond donors (Lipinski definition) is 3. The highest BCUT2D eigenvalue weighted by atomic mass is 32.1. The molecule has 4 N–H and O–H groups in total. The minimum Gasteiger partial charge on any atom is -0.478 e. The van der Waals surface area contributed by atoms with E-state index in [4.69, 9.17) is 15.6 Å². The molecule has 0 aliphatic heterocycles. The van der Waals surface area contributed by atoms with Crippen molar-refractivity contribution in [2.75, 3.05) is 11.9 Å². The molecule has 0 spiro atoms. The number of amides is 2. The van der Waals surface area contributed by atoms with Crippen LogP contribution in [-0.2, 0) is 16.1 Å². The van der Waals surface area contributed by atoms with Gasteiger partial charge in [-0.15, -0.1) is 11.3 Å². The number of aromatic nitrogens is 2. The maximum Gasteiger partial charge on any atom is 0.341 e. The molecule has 2 amide bonds. The number of nitrogens with one attached hydrogen (secondary N) is 1. The number of anilines is 1. The largest absolute Gasteiger partial charge is 0.478 e. The molecule has 0 aliphatic rings. The number of carboxylic acids is 1. The van der Waals surface area contributed by atoms with E-state index in [9.17, 15) is 19.2 Å². The van der Waals surface area contributed by atoms with E-state index in [0.717, 1.165) is 11.3 Å². The molecule has 0 bridgehead atoms. The summed E-state index contributed by atoms with van der Waals surface area (Å²) in [5.41, 5.74) is 5.76. The Bertz CT molecular complexity index is 901. The number of aryl methyl sites for hydroxylation is 1. The van der Waals surface area contributed by atoms with Crippen LogP contribution in [0.3, 0.4) is 0 Å². The Balaban J connectivity index is 2.13. The van der Waals surface area contributed by atoms with E-state index in [1.807, 2.05) is 0 Å². The predicted molar refractivity (Wildman–Crippen MR) is 96.0 cm³/mol. The van der Waals surface area contributed by atoms with Gasteiger partial charge in [-0.2, -0.15) is 5.10 Å². The number of esters is 1. The van der Waals surface area contributed by atoms with E-state index >= 15 is 0 Å². The van der Waals surface area contributed by atoms with Crippen molar-refractivity contribution in [1.29, 1.82) is 0 Å². The highest BCUT2D eigenvalue weighted by Gasteiger charge is 2.25. The van der Waals surface area contributed by atoms with Crippen LogP contribution in [0.25, 0.3) is 0 Å². The van der Waals surface area contributed by atoms with Gasteiger partial charge in [0.05, 0.1) is 28.8 Å². The molecule has 0 saturated heterocycles. The number of hydrogen-bond acceptors (Lipinski definition) is 7. The van der Waals surface area contributed by atoms with Crippen molar-refractivity contribution < 1.29 is 29.0 Å². The Hall–Kier alpha value is -3.21. The SMILES string of the molecule is CCOC(=O)c1c(NC(=O)CCn2cc(C(=O)O)cn2)sc(C(N)=O)c1C. The lowest BCUT2D eigenvalue weighted by atomic mass is 10.1. The number of rotatable bonds is 8. The average molecular weight is 394 g/mol. The number of primary amides is 1. The van der Waals surface area contributed by atoms with Crippen molar-refractivity contribution in [2.24, 2.45) is 5.73 Å². The zero-order valence-corrected chi connectivity index (χ0v) is 15.5. The maximum atomic E-state index is 12.2. The van der Waals surface area contributed by atoms with Gasteiger partial charge in [0, 0.05) is 19.2 Å². The summed E-state index contributed by atoms with van der Waals surface area (Å²) < 4.78 is 6.30. The molecule has 2 heterocycles. The monoisotopic (exact) mass is 394 g/mol. The molecule has 144 valence electrons. The third-order valence-corrected chi connectivity index (χ3v) is 4.77. The standard InChI is InChI=1S/C16H18N4O6S/c1-3-26-16(25)11-8(2)12(13(17)22)27-14(11)19-10(21)4-5-20-7-9(6-18-20)15(23)24/h6-7H,3-5H2,1-2H3,(H2,17,22)(H,19,21)(H,23,24). The molecule has 27 heavy (non-hydrogen) atoms. The van der Waals surface area contributed by atoms with Crippen molar-refractivity contribution in [3.63, 3.8) is 0 Å². The fourth-order valence-electron chi connectivity index (χ4n) is 2.29. The zero-order chi connectivity index (χ0) is 20.1. The molecule has 0 radical (unpaired) electrons. The average Bonchev–Trinajstić information content (AvgIpc) is 3.18. The van der Waals surface area contributed by atoms with Crippen LogP contribution in [0.5, 0.6) is 0 Å². The maximum absolute atomic E-state index is 12.2. The van der Waals surface area contributed by atoms with Gasteiger partial charge < -0.3 is 20.9 Å². The van der Waals surface area contributed by atoms with E-state index in [-0.39, 0.29) is 40.6 Å². The first kappa shape index (κ1) is 20.1. The van der Waals surface area contributed by atoms with Gasteiger partial charge in [-0.1, -0.05) is 0 Å². The van der Waals surface area contributed by atoms with Crippen molar-refractivity contribution in [3.05, 3.63) is 34.0 Å². The molecule has 10 nitrogen and oxygen atoms in total. The normalized spacial score (nSPS) is 10.4. The van der Waals surface area contributed by atoms with Crippen molar-refractivity contribution in [2.45, 2.75) is 26.8 Å². The van der Waals surface area contributed by atoms with Gasteiger partial charge in [0.15, 0.2) is 0 Å². The number of thiophene rings is 1. The van der Waals surface area contributed by atoms with E-state index in [1.54, 1.807) is 13.8 Å². The van der Waals surface area contributed by atoms with Gasteiger partial charge in [-0.3, -0.25) is 14.3 Å². The summed E-state index contributed by atoms with van der Waals surface area (Å²) in [5, 5.41) is 15.5. The highest BCUT2D eigenvalue weighted by molar-refractivity contribution is 7.18. The second-order valence-electron chi connectivity index (χ2n) is 5.44. The third-order valence-electron chi connectivity index (χ3n) is 3.55. The van der Waals surface area contributed by atoms with E-state index in [1.165, 1.54) is 17.1 Å². The first-order valence-electron chi connectivity index (χ1n) is 7.90. The zero-order valence-electron chi connectivity index (χ0n) is 14.6. The molecular formula is C16H18N4O6S. The third kappa shape index (κ3) is 4.70. The number of nitrogens with zero attached hydrogens (tertiary/aromatic N) is 2. The Labute approximate surface area is 157 Å². The summed E-state index contributed by atoms with van der Waals surface area (Å²) in [6.07, 6.45) is 2.47. The van der Waals surface area contributed by atoms with Crippen LogP contribution in [0, 0.1) is 6.92 Å². The van der Waals surface area contributed by atoms with E-state index in [0.29, 0.717) is 5.56 Å². The minimum atomic E-state index is -1.11. The summed E-state index contributed by atoms with van der Waals surface area (Å²) in [7, 11) is 0. The lowest BCUT2D eigenvalue weighted by molar-refractivity contribution is -0.116. The van der Waals surface area contributed by atoms with Crippen LogP contribution in [0.4, 0.5) is 5.00 Å². The number of ether oxygens (including phenoxy) is 1. The van der Waals surface area contributed by atoms with Gasteiger partial charge in [0.25, 0.3) is 5.91 Å². The summed E-state index contributed by atoms with van der Waals surface area (Å²) in [6, 6.07) is 0. The van der Waals surface area contributed by atoms with Gasteiger partial charge in [-0.25, -0.2) is 9.59 Å². The fourth-order valence-corrected chi connectivity index (χ4v) is 3.35. The minimum absolute atomic E-state index is 0.0139. The van der Waals surface area contributed by atoms with Gasteiger partial charge in [0.2, 0.25) is 5.91 Å². The summed E-state index contributed by atoms with van der Waals surface area (Å²) in [5.74, 6) is -2.92. The Morgan fingerprint density at radius 1 is 1.37 bits per heavy atom. The van der Waals surface area contributed by atoms with Crippen LogP contribution in [0.1, 0.15) is 49.3 Å². The molecule has 0 saturated carbocycles. The summed E-state index contributed by atoms with van der Waals surface area (Å²) in [6.45, 7) is 3.47. The molecule has 0 unspecified atom stereocenters. The Kier molecular flexibility index (Phi) is 6.29. The Morgan fingerprint density at radius 3 is 2.63 bits per heavy atom. The number of carbonyl (C=O) groups excluding carboxylic acids is 3.